The number of hydrogen-bond acceptors (Lipinski definition) is 6. The number of anilines is 2. The Morgan fingerprint density at radius 1 is 1.40 bits per heavy atom. The first-order chi connectivity index (χ1) is 9.33. The van der Waals surface area contributed by atoms with Gasteiger partial charge in [-0.3, -0.25) is 0 Å². The van der Waals surface area contributed by atoms with E-state index in [1.54, 1.807) is 0 Å². The molecular weight excluding hydrogens is 377 g/mol. The van der Waals surface area contributed by atoms with Crippen molar-refractivity contribution in [3.8, 4) is 0 Å². The topological polar surface area (TPSA) is 111 Å². The highest BCUT2D eigenvalue weighted by atomic mass is 79.9. The van der Waals surface area contributed by atoms with Crippen molar-refractivity contribution in [2.75, 3.05) is 10.5 Å². The van der Waals surface area contributed by atoms with Gasteiger partial charge in [-0.15, -0.1) is 5.10 Å². The summed E-state index contributed by atoms with van der Waals surface area (Å²) in [5.74, 6) is -1.43. The number of hydrogen-bond donors (Lipinski definition) is 2. The summed E-state index contributed by atoms with van der Waals surface area (Å²) < 4.78 is 40.1. The third-order valence-electron chi connectivity index (χ3n) is 2.15. The molecule has 0 amide bonds. The summed E-state index contributed by atoms with van der Waals surface area (Å²) >= 11 is 8.72. The minimum absolute atomic E-state index is 0.0450. The van der Waals surface area contributed by atoms with Crippen molar-refractivity contribution in [2.45, 2.75) is 4.90 Å². The summed E-state index contributed by atoms with van der Waals surface area (Å²) in [5.41, 5.74) is 5.02. The van der Waals surface area contributed by atoms with Crippen LogP contribution < -0.4 is 10.5 Å². The number of nitrogens with two attached hydrogens (primary N) is 1. The number of rotatable bonds is 3. The lowest BCUT2D eigenvalue weighted by molar-refractivity contribution is 0.572. The van der Waals surface area contributed by atoms with E-state index in [9.17, 15) is 12.8 Å². The van der Waals surface area contributed by atoms with E-state index in [0.717, 1.165) is 6.07 Å². The van der Waals surface area contributed by atoms with Crippen molar-refractivity contribution in [1.82, 2.24) is 15.2 Å². The van der Waals surface area contributed by atoms with E-state index < -0.39 is 26.4 Å². The van der Waals surface area contributed by atoms with Gasteiger partial charge < -0.3 is 5.73 Å². The molecule has 3 N–H and O–H groups in total. The van der Waals surface area contributed by atoms with Crippen LogP contribution in [0.3, 0.4) is 0 Å². The molecule has 0 fully saturated rings. The number of aromatic nitrogens is 3. The Balaban J connectivity index is 2.51. The maximum absolute atomic E-state index is 14.0. The summed E-state index contributed by atoms with van der Waals surface area (Å²) in [4.78, 5) is 2.91. The number of halogens is 3. The van der Waals surface area contributed by atoms with Gasteiger partial charge in [0.2, 0.25) is 0 Å². The predicted octanol–water partition coefficient (Wildman–Crippen LogP) is 1.81. The van der Waals surface area contributed by atoms with E-state index in [1.807, 2.05) is 4.72 Å². The van der Waals surface area contributed by atoms with Crippen LogP contribution in [0.15, 0.2) is 27.8 Å². The molecule has 11 heteroatoms. The number of benzene rings is 1. The molecule has 7 nitrogen and oxygen atoms in total. The Bertz CT molecular complexity index is 759. The molecule has 1 aromatic carbocycles. The van der Waals surface area contributed by atoms with Crippen LogP contribution in [0.25, 0.3) is 0 Å². The van der Waals surface area contributed by atoms with Crippen LogP contribution in [0, 0.1) is 5.82 Å². The predicted molar refractivity (Wildman–Crippen MR) is 74.2 cm³/mol. The SMILES string of the molecule is Nc1c(F)c(S(=O)(=O)Nc2nccnn2)cc(Cl)c1Br. The second-order valence-corrected chi connectivity index (χ2v) is 6.32. The summed E-state index contributed by atoms with van der Waals surface area (Å²) in [6, 6.07) is 0.927. The van der Waals surface area contributed by atoms with E-state index in [4.69, 9.17) is 17.3 Å². The van der Waals surface area contributed by atoms with Gasteiger partial charge in [-0.25, -0.2) is 22.5 Å². The molecule has 0 bridgehead atoms. The van der Waals surface area contributed by atoms with E-state index in [0.29, 0.717) is 0 Å². The van der Waals surface area contributed by atoms with Gasteiger partial charge in [0, 0.05) is 0 Å². The normalized spacial score (nSPS) is 11.3. The monoisotopic (exact) mass is 381 g/mol. The molecular formula is C9H6BrClFN5O2S. The molecule has 20 heavy (non-hydrogen) atoms. The van der Waals surface area contributed by atoms with Gasteiger partial charge in [-0.1, -0.05) is 11.6 Å². The minimum atomic E-state index is -4.28. The molecule has 0 radical (unpaired) electrons. The fourth-order valence-electron chi connectivity index (χ4n) is 1.26. The smallest absolute Gasteiger partial charge is 0.267 e. The summed E-state index contributed by atoms with van der Waals surface area (Å²) in [6.45, 7) is 0. The molecule has 0 aliphatic carbocycles. The van der Waals surface area contributed by atoms with Gasteiger partial charge in [-0.05, 0) is 22.0 Å². The summed E-state index contributed by atoms with van der Waals surface area (Å²) in [7, 11) is -4.28. The van der Waals surface area contributed by atoms with Crippen molar-refractivity contribution in [3.63, 3.8) is 0 Å². The standard InChI is InChI=1S/C9H6BrClFN5O2S/c10-6-4(11)3-5(7(12)8(6)13)20(18,19)17-9-14-1-2-15-16-9/h1-3H,13H2,(H,14,16,17). The molecule has 0 unspecified atom stereocenters. The lowest BCUT2D eigenvalue weighted by Gasteiger charge is -2.10. The van der Waals surface area contributed by atoms with E-state index in [2.05, 4.69) is 31.1 Å². The highest BCUT2D eigenvalue weighted by Gasteiger charge is 2.25. The fraction of sp³-hybridized carbons (Fsp3) is 0. The summed E-state index contributed by atoms with van der Waals surface area (Å²) in [5, 5.41) is 6.83. The first-order valence-electron chi connectivity index (χ1n) is 4.92. The lowest BCUT2D eigenvalue weighted by atomic mass is 10.3. The van der Waals surface area contributed by atoms with Gasteiger partial charge in [-0.2, -0.15) is 5.10 Å². The lowest BCUT2D eigenvalue weighted by Crippen LogP contribution is -2.17. The molecule has 106 valence electrons. The van der Waals surface area contributed by atoms with Crippen molar-refractivity contribution in [1.29, 1.82) is 0 Å². The average molecular weight is 383 g/mol. The third kappa shape index (κ3) is 2.81. The molecule has 0 aliphatic rings. The molecule has 0 aliphatic heterocycles. The van der Waals surface area contributed by atoms with E-state index in [-0.39, 0.29) is 15.4 Å². The van der Waals surface area contributed by atoms with E-state index >= 15 is 0 Å². The Morgan fingerprint density at radius 2 is 2.10 bits per heavy atom. The van der Waals surface area contributed by atoms with Gasteiger partial charge in [0.05, 0.1) is 27.6 Å². The number of nitrogen functional groups attached to an aromatic ring is 1. The van der Waals surface area contributed by atoms with Gasteiger partial charge in [0.15, 0.2) is 5.82 Å². The van der Waals surface area contributed by atoms with Crippen LogP contribution in [0.5, 0.6) is 0 Å². The maximum atomic E-state index is 14.0. The first kappa shape index (κ1) is 14.9. The van der Waals surface area contributed by atoms with Gasteiger partial charge in [0.25, 0.3) is 16.0 Å². The Morgan fingerprint density at radius 3 is 2.70 bits per heavy atom. The highest BCUT2D eigenvalue weighted by molar-refractivity contribution is 9.10. The summed E-state index contributed by atoms with van der Waals surface area (Å²) in [6.07, 6.45) is 2.48. The van der Waals surface area contributed by atoms with Crippen molar-refractivity contribution >= 4 is 49.2 Å². The molecule has 1 aromatic heterocycles. The van der Waals surface area contributed by atoms with Crippen LogP contribution in [-0.2, 0) is 10.0 Å². The zero-order chi connectivity index (χ0) is 14.9. The Hall–Kier alpha value is -1.52. The van der Waals surface area contributed by atoms with Gasteiger partial charge in [0.1, 0.15) is 4.90 Å². The van der Waals surface area contributed by atoms with Crippen molar-refractivity contribution in [3.05, 3.63) is 33.8 Å². The molecule has 0 atom stereocenters. The Labute approximate surface area is 126 Å². The van der Waals surface area contributed by atoms with E-state index in [1.165, 1.54) is 12.4 Å². The molecule has 0 saturated heterocycles. The maximum Gasteiger partial charge on any atom is 0.267 e. The fourth-order valence-corrected chi connectivity index (χ4v) is 2.89. The first-order valence-corrected chi connectivity index (χ1v) is 7.58. The van der Waals surface area contributed by atoms with Crippen LogP contribution in [0.1, 0.15) is 0 Å². The van der Waals surface area contributed by atoms with Crippen molar-refractivity contribution < 1.29 is 12.8 Å². The molecule has 2 aromatic rings. The zero-order valence-electron chi connectivity index (χ0n) is 9.51. The molecule has 0 spiro atoms. The van der Waals surface area contributed by atoms with Crippen LogP contribution in [-0.4, -0.2) is 23.6 Å². The number of nitrogens with zero attached hydrogens (tertiary/aromatic N) is 3. The van der Waals surface area contributed by atoms with Crippen LogP contribution in [0.2, 0.25) is 5.02 Å². The number of sulfonamides is 1. The third-order valence-corrected chi connectivity index (χ3v) is 4.86. The molecule has 1 heterocycles. The van der Waals surface area contributed by atoms with Gasteiger partial charge >= 0.3 is 0 Å². The highest BCUT2D eigenvalue weighted by Crippen LogP contribution is 2.34. The zero-order valence-corrected chi connectivity index (χ0v) is 12.7. The van der Waals surface area contributed by atoms with Crippen LogP contribution >= 0.6 is 27.5 Å². The minimum Gasteiger partial charge on any atom is -0.395 e. The average Bonchev–Trinajstić information content (AvgIpc) is 2.41. The van der Waals surface area contributed by atoms with Crippen molar-refractivity contribution in [2.24, 2.45) is 0 Å². The molecule has 2 rings (SSSR count). The van der Waals surface area contributed by atoms with Crippen LogP contribution in [0.4, 0.5) is 16.0 Å². The number of nitrogens with one attached hydrogen (secondary N) is 1. The quantitative estimate of drug-likeness (QED) is 0.618. The largest absolute Gasteiger partial charge is 0.395 e. The molecule has 0 saturated carbocycles. The second-order valence-electron chi connectivity index (χ2n) is 3.47. The Kier molecular flexibility index (Phi) is 4.06. The second kappa shape index (κ2) is 5.46.